The number of hydrogen-bond donors (Lipinski definition) is 0. The zero-order valence-corrected chi connectivity index (χ0v) is 14.5. The molecule has 1 nitrogen and oxygen atoms in total. The smallest absolute Gasteiger partial charge is 0.294 e. The second-order valence-corrected chi connectivity index (χ2v) is 18.6. The topological polar surface area (TPSA) is 9.23 Å². The normalized spacial score (nSPS) is 26.4. The van der Waals surface area contributed by atoms with Gasteiger partial charge in [-0.25, -0.2) is 0 Å². The molecule has 1 rings (SSSR count). The minimum Gasteiger partial charge on any atom is -0.433 e. The molecule has 0 amide bonds. The van der Waals surface area contributed by atoms with Crippen molar-refractivity contribution in [3.8, 4) is 0 Å². The van der Waals surface area contributed by atoms with E-state index in [9.17, 15) is 0 Å². The molecule has 1 fully saturated rings. The molecule has 1 aliphatic rings. The van der Waals surface area contributed by atoms with Crippen LogP contribution in [0.3, 0.4) is 0 Å². The molecule has 0 bridgehead atoms. The minimum absolute atomic E-state index is 0.520. The standard InChI is InChI=1S/C13H29BOSi2/c1-8-11-15-14-12(16(2,3)4)9-10-13(14)17(5,6)7/h8,12-13H,1,9-11H2,2-7H3/t12-,13?/m1/s1. The van der Waals surface area contributed by atoms with Gasteiger partial charge in [-0.15, -0.1) is 6.58 Å². The molecule has 1 heterocycles. The van der Waals surface area contributed by atoms with Gasteiger partial charge in [0, 0.05) is 22.8 Å². The van der Waals surface area contributed by atoms with E-state index in [1.807, 2.05) is 6.08 Å². The van der Waals surface area contributed by atoms with Gasteiger partial charge in [-0.1, -0.05) is 58.2 Å². The first-order valence-corrected chi connectivity index (χ1v) is 14.1. The van der Waals surface area contributed by atoms with Crippen molar-refractivity contribution in [1.82, 2.24) is 0 Å². The summed E-state index contributed by atoms with van der Waals surface area (Å²) in [4.78, 5) is 0. The zero-order chi connectivity index (χ0) is 13.3. The van der Waals surface area contributed by atoms with Crippen LogP contribution >= 0.6 is 0 Å². The fourth-order valence-electron chi connectivity index (χ4n) is 3.23. The van der Waals surface area contributed by atoms with Gasteiger partial charge in [0.1, 0.15) is 0 Å². The highest BCUT2D eigenvalue weighted by atomic mass is 28.3. The summed E-state index contributed by atoms with van der Waals surface area (Å²) < 4.78 is 6.18. The summed E-state index contributed by atoms with van der Waals surface area (Å²) in [5.74, 6) is 0. The van der Waals surface area contributed by atoms with Gasteiger partial charge in [-0.2, -0.15) is 0 Å². The predicted molar refractivity (Wildman–Crippen MR) is 85.3 cm³/mol. The Balaban J connectivity index is 2.85. The zero-order valence-electron chi connectivity index (χ0n) is 12.5. The van der Waals surface area contributed by atoms with Crippen molar-refractivity contribution in [2.45, 2.75) is 63.0 Å². The maximum atomic E-state index is 6.18. The van der Waals surface area contributed by atoms with Crippen LogP contribution in [0.2, 0.25) is 50.2 Å². The van der Waals surface area contributed by atoms with Crippen molar-refractivity contribution >= 4 is 23.1 Å². The lowest BCUT2D eigenvalue weighted by atomic mass is 9.65. The average molecular weight is 268 g/mol. The Kier molecular flexibility index (Phi) is 4.89. The van der Waals surface area contributed by atoms with Crippen LogP contribution in [0.15, 0.2) is 12.7 Å². The third-order valence-corrected chi connectivity index (χ3v) is 9.90. The third kappa shape index (κ3) is 3.83. The Bertz CT molecular complexity index is 246. The van der Waals surface area contributed by atoms with Gasteiger partial charge in [-0.3, -0.25) is 0 Å². The Morgan fingerprint density at radius 1 is 1.06 bits per heavy atom. The Morgan fingerprint density at radius 3 is 1.76 bits per heavy atom. The lowest BCUT2D eigenvalue weighted by molar-refractivity contribution is 0.364. The molecule has 1 unspecified atom stereocenters. The third-order valence-electron chi connectivity index (χ3n) is 4.21. The molecule has 17 heavy (non-hydrogen) atoms. The molecule has 1 saturated heterocycles. The van der Waals surface area contributed by atoms with Crippen LogP contribution in [-0.4, -0.2) is 29.7 Å². The number of rotatable bonds is 5. The van der Waals surface area contributed by atoms with E-state index >= 15 is 0 Å². The van der Waals surface area contributed by atoms with Crippen molar-refractivity contribution in [2.75, 3.05) is 6.61 Å². The maximum Gasteiger partial charge on any atom is 0.294 e. The van der Waals surface area contributed by atoms with Crippen LogP contribution < -0.4 is 0 Å². The van der Waals surface area contributed by atoms with Gasteiger partial charge in [0.25, 0.3) is 6.92 Å². The first-order chi connectivity index (χ1) is 7.68. The molecule has 0 N–H and O–H groups in total. The Morgan fingerprint density at radius 2 is 1.47 bits per heavy atom. The Labute approximate surface area is 110 Å². The average Bonchev–Trinajstić information content (AvgIpc) is 2.56. The summed E-state index contributed by atoms with van der Waals surface area (Å²) in [6, 6.07) is 0. The van der Waals surface area contributed by atoms with Gasteiger partial charge in [0.2, 0.25) is 0 Å². The second kappa shape index (κ2) is 5.45. The van der Waals surface area contributed by atoms with Crippen molar-refractivity contribution in [3.63, 3.8) is 0 Å². The highest BCUT2D eigenvalue weighted by molar-refractivity contribution is 6.96. The van der Waals surface area contributed by atoms with Gasteiger partial charge < -0.3 is 4.65 Å². The number of hydrogen-bond acceptors (Lipinski definition) is 1. The summed E-state index contributed by atoms with van der Waals surface area (Å²) in [5.41, 5.74) is 1.69. The molecule has 1 aliphatic heterocycles. The Hall–Kier alpha value is 0.199. The highest BCUT2D eigenvalue weighted by Gasteiger charge is 2.51. The summed E-state index contributed by atoms with van der Waals surface area (Å²) in [6.45, 7) is 20.0. The van der Waals surface area contributed by atoms with E-state index in [2.05, 4.69) is 45.9 Å². The SMILES string of the molecule is C=CCOB1C([Si](C)(C)C)CC[C@H]1[Si](C)(C)C. The van der Waals surface area contributed by atoms with Crippen molar-refractivity contribution < 1.29 is 4.65 Å². The van der Waals surface area contributed by atoms with Crippen LogP contribution in [0.5, 0.6) is 0 Å². The monoisotopic (exact) mass is 268 g/mol. The van der Waals surface area contributed by atoms with Crippen molar-refractivity contribution in [2.24, 2.45) is 0 Å². The van der Waals surface area contributed by atoms with Crippen molar-refractivity contribution in [1.29, 1.82) is 0 Å². The molecule has 0 aromatic carbocycles. The van der Waals surface area contributed by atoms with E-state index in [0.29, 0.717) is 6.92 Å². The van der Waals surface area contributed by atoms with Crippen LogP contribution in [0.4, 0.5) is 0 Å². The fraction of sp³-hybridized carbons (Fsp3) is 0.846. The lowest BCUT2D eigenvalue weighted by Crippen LogP contribution is -2.44. The molecule has 2 atom stereocenters. The molecule has 0 radical (unpaired) electrons. The first-order valence-electron chi connectivity index (χ1n) is 6.90. The van der Waals surface area contributed by atoms with Crippen LogP contribution in [0, 0.1) is 0 Å². The van der Waals surface area contributed by atoms with Gasteiger partial charge in [0.15, 0.2) is 0 Å². The van der Waals surface area contributed by atoms with Gasteiger partial charge in [-0.05, 0) is 10.9 Å². The molecule has 0 saturated carbocycles. The molecule has 0 aliphatic carbocycles. The summed E-state index contributed by atoms with van der Waals surface area (Å²) >= 11 is 0. The largest absolute Gasteiger partial charge is 0.433 e. The van der Waals surface area contributed by atoms with Crippen LogP contribution in [-0.2, 0) is 4.65 Å². The lowest BCUT2D eigenvalue weighted by Gasteiger charge is -2.34. The molecule has 0 spiro atoms. The molecule has 0 aromatic rings. The summed E-state index contributed by atoms with van der Waals surface area (Å²) in [5, 5.41) is 0. The van der Waals surface area contributed by atoms with Gasteiger partial charge in [0.05, 0.1) is 0 Å². The quantitative estimate of drug-likeness (QED) is 0.528. The van der Waals surface area contributed by atoms with E-state index < -0.39 is 16.1 Å². The van der Waals surface area contributed by atoms with Crippen LogP contribution in [0.25, 0.3) is 0 Å². The molecule has 0 aromatic heterocycles. The van der Waals surface area contributed by atoms with E-state index in [1.54, 1.807) is 0 Å². The maximum absolute atomic E-state index is 6.18. The summed E-state index contributed by atoms with van der Waals surface area (Å²) in [7, 11) is -2.19. The minimum atomic E-state index is -1.09. The fourth-order valence-corrected chi connectivity index (χ4v) is 8.12. The van der Waals surface area contributed by atoms with E-state index in [-0.39, 0.29) is 0 Å². The van der Waals surface area contributed by atoms with Crippen LogP contribution in [0.1, 0.15) is 12.8 Å². The molecule has 98 valence electrons. The van der Waals surface area contributed by atoms with Gasteiger partial charge >= 0.3 is 0 Å². The van der Waals surface area contributed by atoms with E-state index in [1.165, 1.54) is 12.8 Å². The van der Waals surface area contributed by atoms with E-state index in [0.717, 1.165) is 17.5 Å². The molecular formula is C13H29BOSi2. The first kappa shape index (κ1) is 15.3. The highest BCUT2D eigenvalue weighted by Crippen LogP contribution is 2.48. The predicted octanol–water partition coefficient (Wildman–Crippen LogP) is 4.47. The van der Waals surface area contributed by atoms with E-state index in [4.69, 9.17) is 4.65 Å². The molecular weight excluding hydrogens is 239 g/mol. The van der Waals surface area contributed by atoms with Crippen molar-refractivity contribution in [3.05, 3.63) is 12.7 Å². The second-order valence-electron chi connectivity index (χ2n) is 7.61. The molecule has 4 heteroatoms. The summed E-state index contributed by atoms with van der Waals surface area (Å²) in [6.07, 6.45) is 4.69.